The summed E-state index contributed by atoms with van der Waals surface area (Å²) in [6, 6.07) is -26.8. The minimum Gasteiger partial charge on any atom is -0.493 e. The van der Waals surface area contributed by atoms with Gasteiger partial charge >= 0.3 is 23.9 Å². The number of piperidine rings is 4. The molecule has 24 heteroatoms. The molecule has 4 fully saturated rings. The molecule has 4 saturated heterocycles. The molecule has 0 aliphatic carbocycles. The summed E-state index contributed by atoms with van der Waals surface area (Å²) in [4.78, 5) is 56.3. The molecule has 0 saturated carbocycles. The van der Waals surface area contributed by atoms with E-state index in [1.165, 1.54) is 76.7 Å². The second kappa shape index (κ2) is 43.9. The monoisotopic (exact) mass is 1750 g/mol. The van der Waals surface area contributed by atoms with E-state index in [1.54, 1.807) is 0 Å². The minimum atomic E-state index is -4.20. The van der Waals surface area contributed by atoms with Crippen LogP contribution in [0, 0.1) is 70.8 Å². The van der Waals surface area contributed by atoms with Crippen molar-refractivity contribution < 1.29 is 177 Å². The number of carbonyl (C=O) groups is 4. The number of benzene rings is 4. The van der Waals surface area contributed by atoms with E-state index in [1.807, 2.05) is 0 Å². The first-order valence-electron chi connectivity index (χ1n) is 74.1. The van der Waals surface area contributed by atoms with E-state index in [4.69, 9.17) is 154 Å². The molecule has 4 aromatic rings. The largest absolute Gasteiger partial charge is 0.493 e. The highest BCUT2D eigenvalue weighted by Crippen LogP contribution is 2.50. The van der Waals surface area contributed by atoms with Crippen molar-refractivity contribution >= 4 is 23.9 Å². The molecule has 0 aromatic heterocycles. The first kappa shape index (κ1) is 37.2. The van der Waals surface area contributed by atoms with Crippen molar-refractivity contribution in [3.63, 3.8) is 0 Å². The molecule has 0 amide bonds. The smallest absolute Gasteiger partial charge is 0.323 e. The third kappa shape index (κ3) is 23.8. The summed E-state index contributed by atoms with van der Waals surface area (Å²) < 4.78 is 687. The van der Waals surface area contributed by atoms with Crippen LogP contribution >= 0.6 is 0 Å². The van der Waals surface area contributed by atoms with Crippen LogP contribution in [0.1, 0.15) is 331 Å². The number of methoxy groups -OCH3 is 8. The maximum absolute atomic E-state index is 13.8. The van der Waals surface area contributed by atoms with Crippen molar-refractivity contribution in [1.82, 2.24) is 19.6 Å². The lowest BCUT2D eigenvalue weighted by Crippen LogP contribution is -2.51. The Labute approximate surface area is 822 Å². The lowest BCUT2D eigenvalue weighted by molar-refractivity contribution is -0.161. The molecule has 0 radical (unpaired) electrons. The number of hydrogen-bond acceptors (Lipinski definition) is 24. The Balaban J connectivity index is 0.000000281. The molecule has 8 aliphatic heterocycles. The van der Waals surface area contributed by atoms with Crippen molar-refractivity contribution in [2.24, 2.45) is 93.8 Å². The molecule has 672 valence electrons. The second-order valence-electron chi connectivity index (χ2n) is 28.8. The van der Waals surface area contributed by atoms with Crippen LogP contribution in [-0.2, 0) is 63.7 Å². The fourth-order valence-corrected chi connectivity index (χ4v) is 12.7. The first-order chi connectivity index (χ1) is 85.6. The number of carbonyl (C=O) groups excluding carboxylic acids is 4. The summed E-state index contributed by atoms with van der Waals surface area (Å²) in [6.07, 6.45) is -38.0. The number of aryl methyl sites for hydroxylation is 2. The third-order valence-corrected chi connectivity index (χ3v) is 18.3. The minimum absolute atomic E-state index is 0.0837. The molecule has 16 atom stereocenters. The van der Waals surface area contributed by atoms with Crippen molar-refractivity contribution in [1.29, 1.82) is 0 Å². The van der Waals surface area contributed by atoms with Gasteiger partial charge < -0.3 is 79.8 Å². The highest BCUT2D eigenvalue weighted by atomic mass is 16.6. The van der Waals surface area contributed by atoms with Crippen molar-refractivity contribution in [2.45, 2.75) is 260 Å². The molecule has 120 heavy (non-hydrogen) atoms. The zero-order valence-corrected chi connectivity index (χ0v) is 68.2. The molecule has 8 aliphatic rings. The fraction of sp³-hybridized carbons (Fsp3) is 0.708. The van der Waals surface area contributed by atoms with Crippen LogP contribution in [0.4, 0.5) is 0 Å². The predicted molar refractivity (Wildman–Crippen MR) is 471 cm³/mol. The van der Waals surface area contributed by atoms with E-state index >= 15 is 0 Å². The number of rotatable bonds is 28. The molecule has 24 nitrogen and oxygen atoms in total. The van der Waals surface area contributed by atoms with Gasteiger partial charge in [-0.25, -0.2) is 0 Å². The van der Waals surface area contributed by atoms with Gasteiger partial charge in [0.25, 0.3) is 0 Å². The highest BCUT2D eigenvalue weighted by Gasteiger charge is 2.47. The van der Waals surface area contributed by atoms with Gasteiger partial charge in [-0.05, 0) is 191 Å². The molecule has 12 unspecified atom stereocenters. The van der Waals surface area contributed by atoms with Gasteiger partial charge in [0, 0.05) is 202 Å². The standard InChI is InChI=1S/4C24H38N2O4/c4*1-14(2)9-17-13-26-8-7-16-10-21(28-5)22(29-6)11-18(16)19(26)12-20(17)30-24(27)23(25)15(3)4/h4*10-11,14-15,17,19-20,23H,7-9,12-13,25H2,1-6H3/t4*17?,19?,20?,23-/m0000/s1/i3D3,4D3,5D3,10D,11D,12D2,13D2,15D,17D,19D,20D,23D;3D3,4D3,10D,11D,12D2,13D2,15D,17D,19D,20D,23D;3D3,4D3,5D3,7D2,8D2,12D2,13D2,15D,17D,23D;3D3,4D3,7D2,8D2,12D2,13D2,15D,17D,23D. The summed E-state index contributed by atoms with van der Waals surface area (Å²) >= 11 is 0. The van der Waals surface area contributed by atoms with Crippen LogP contribution in [0.25, 0.3) is 0 Å². The summed E-state index contributed by atoms with van der Waals surface area (Å²) in [7, 11) is 0.337. The normalized spacial score (nSPS) is 46.4. The maximum Gasteiger partial charge on any atom is 0.323 e. The molecule has 8 N–H and O–H groups in total. The van der Waals surface area contributed by atoms with E-state index in [2.05, 4.69) is 0 Å². The van der Waals surface area contributed by atoms with Gasteiger partial charge in [0.1, 0.15) is 48.4 Å². The van der Waals surface area contributed by atoms with E-state index < -0.39 is 445 Å². The molecule has 8 heterocycles. The van der Waals surface area contributed by atoms with E-state index in [0.717, 1.165) is 45.6 Å². The number of nitrogens with zero attached hydrogens (tertiary/aromatic N) is 4. The van der Waals surface area contributed by atoms with Gasteiger partial charge in [-0.2, -0.15) is 0 Å². The van der Waals surface area contributed by atoms with Gasteiger partial charge in [0.05, 0.1) is 81.4 Å². The summed E-state index contributed by atoms with van der Waals surface area (Å²) in [6.45, 7) is -41.9. The zero-order chi connectivity index (χ0) is 153. The Kier molecular flexibility index (Phi) is 13.6. The van der Waals surface area contributed by atoms with Gasteiger partial charge in [-0.1, -0.05) is 110 Å². The molecule has 0 spiro atoms. The number of nitrogens with two attached hydrogens (primary N) is 4. The Morgan fingerprint density at radius 2 is 0.700 bits per heavy atom. The Morgan fingerprint density at radius 3 is 1.03 bits per heavy atom. The predicted octanol–water partition coefficient (Wildman–Crippen LogP) is 14.3. The van der Waals surface area contributed by atoms with Crippen LogP contribution in [0.3, 0.4) is 0 Å². The van der Waals surface area contributed by atoms with Crippen molar-refractivity contribution in [3.05, 3.63) is 92.9 Å². The second-order valence-corrected chi connectivity index (χ2v) is 28.8. The van der Waals surface area contributed by atoms with Crippen molar-refractivity contribution in [2.75, 3.05) is 109 Å². The Hall–Kier alpha value is -7.16. The van der Waals surface area contributed by atoms with E-state index in [9.17, 15) is 46.6 Å². The van der Waals surface area contributed by atoms with E-state index in [-0.39, 0.29) is 44.6 Å². The molecular formula is C96H152N8O16. The molecule has 12 rings (SSSR count). The average molecular weight is 1750 g/mol. The number of fused-ring (bicyclic) bond motifs is 12. The summed E-state index contributed by atoms with van der Waals surface area (Å²) in [5.74, 6) is -45.3. The van der Waals surface area contributed by atoms with Gasteiger partial charge in [-0.3, -0.25) is 38.8 Å². The lowest BCUT2D eigenvalue weighted by atomic mass is 9.79. The van der Waals surface area contributed by atoms with Crippen LogP contribution in [0.15, 0.2) is 48.4 Å². The summed E-state index contributed by atoms with van der Waals surface area (Å²) in [5, 5.41) is 0. The van der Waals surface area contributed by atoms with Crippen molar-refractivity contribution in [3.8, 4) is 46.0 Å². The van der Waals surface area contributed by atoms with Gasteiger partial charge in [0.15, 0.2) is 46.0 Å². The molecule has 0 bridgehead atoms. The fourth-order valence-electron chi connectivity index (χ4n) is 12.7. The van der Waals surface area contributed by atoms with Crippen LogP contribution in [-0.4, -0.2) is 201 Å². The topological polar surface area (TPSA) is 296 Å². The lowest BCUT2D eigenvalue weighted by Gasteiger charge is -2.47. The third-order valence-electron chi connectivity index (χ3n) is 18.3. The molecular weight excluding hydrogens is 1520 g/mol. The first-order valence-corrected chi connectivity index (χ1v) is 37.1. The zero-order valence-electron chi connectivity index (χ0n) is 142. The number of ether oxygens (including phenoxy) is 12. The van der Waals surface area contributed by atoms with Crippen LogP contribution in [0.2, 0.25) is 0 Å². The Bertz CT molecular complexity index is 7510. The summed E-state index contributed by atoms with van der Waals surface area (Å²) in [5.41, 5.74) is 18.4. The van der Waals surface area contributed by atoms with Crippen LogP contribution < -0.4 is 60.8 Å². The number of hydrogen-bond donors (Lipinski definition) is 4. The van der Waals surface area contributed by atoms with E-state index in [0.29, 0.717) is 9.80 Å². The maximum atomic E-state index is 13.8. The highest BCUT2D eigenvalue weighted by molar-refractivity contribution is 5.77. The van der Waals surface area contributed by atoms with Gasteiger partial charge in [-0.15, -0.1) is 0 Å². The quantitative estimate of drug-likeness (QED) is 0.0303. The molecule has 4 aromatic carbocycles. The van der Waals surface area contributed by atoms with Gasteiger partial charge in [0.2, 0.25) is 0 Å². The number of esters is 4. The van der Waals surface area contributed by atoms with Crippen LogP contribution in [0.5, 0.6) is 46.0 Å². The SMILES string of the molecule is [2H]C([2H])([2H])Oc1cc2c(cc1OC)C1N(C([2H])([2H])C2([2H])[2H])C([2H])([2H])C([2H])(CC(C)C)C(OC(=O)[C@@]([2H])(N)C([2H])(C([2H])([2H])[2H])C([2H])([2H])[2H])C1([2H])[2H].[2H]C1([2H])C2c3cc(OC)c(OC)cc3C([2H])([2H])C([2H])([2H])N2C([2H])([2H])C([2H])(CC(C)C)C1OC(=O)[C@@]([2H])(N)C([2H])(C([2H])([2H])[2H])C([2H])([2H])[2H].[2H]c1c2c(c([2H])c(OC)c1OC([2H])([2H])[2H])C1([2H])N(CC2)C([2H])([2H])C([2H])(CC(C)C)C([2H])(OC(=O)[C@@]([2H])(N)C([2H])(C([2H])([2H])[2H])C([2H])([2H])[2H])C1([2H])[2H].[2H]c1c2c(c([2H])c(OC)c1OC)C1([2H])N(CC2)C([2H])([2H])C([2H])(CC(C)C)C([2H])(OC(=O)[C@@]([2H])(N)C([2H])(C([2H])([2H])[2H])C([2H])([2H])[2H])C1([2H])[2H]. The Morgan fingerprint density at radius 1 is 0.400 bits per heavy atom. The average Bonchev–Trinajstić information content (AvgIpc) is 0.648.